The molecule has 0 aliphatic carbocycles. The molecule has 1 heterocycles. The first-order valence-electron chi connectivity index (χ1n) is 7.48. The molecule has 1 aliphatic heterocycles. The van der Waals surface area contributed by atoms with Crippen molar-refractivity contribution in [1.82, 2.24) is 10.6 Å². The first-order chi connectivity index (χ1) is 10.3. The molecule has 1 rings (SSSR count). The quantitative estimate of drug-likeness (QED) is 0.479. The number of nitrogens with two attached hydrogens (primary N) is 1. The van der Waals surface area contributed by atoms with Crippen LogP contribution in [-0.2, 0) is 14.3 Å². The van der Waals surface area contributed by atoms with E-state index < -0.39 is 24.1 Å². The molecule has 3 amide bonds. The summed E-state index contributed by atoms with van der Waals surface area (Å²) >= 11 is 0. The van der Waals surface area contributed by atoms with Crippen molar-refractivity contribution in [3.63, 3.8) is 0 Å². The van der Waals surface area contributed by atoms with Crippen molar-refractivity contribution in [2.75, 3.05) is 13.2 Å². The number of carbonyl (C=O) groups excluding carboxylic acids is 3. The zero-order chi connectivity index (χ0) is 16.7. The molecule has 0 radical (unpaired) electrons. The highest BCUT2D eigenvalue weighted by molar-refractivity contribution is 5.84. The van der Waals surface area contributed by atoms with Gasteiger partial charge in [-0.1, -0.05) is 13.8 Å². The maximum absolute atomic E-state index is 12.2. The minimum atomic E-state index is -1.02. The molecule has 8 heteroatoms. The number of carbonyl (C=O) groups is 3. The Balaban J connectivity index is 2.59. The van der Waals surface area contributed by atoms with Gasteiger partial charge in [-0.2, -0.15) is 0 Å². The zero-order valence-corrected chi connectivity index (χ0v) is 13.0. The summed E-state index contributed by atoms with van der Waals surface area (Å²) < 4.78 is 4.83. The minimum Gasteiger partial charge on any atom is -0.436 e. The van der Waals surface area contributed by atoms with E-state index in [-0.39, 0.29) is 24.3 Å². The maximum Gasteiger partial charge on any atom is 0.405 e. The highest BCUT2D eigenvalue weighted by Crippen LogP contribution is 2.16. The van der Waals surface area contributed by atoms with E-state index in [1.807, 2.05) is 13.8 Å². The smallest absolute Gasteiger partial charge is 0.405 e. The van der Waals surface area contributed by atoms with Crippen LogP contribution in [0.3, 0.4) is 0 Å². The summed E-state index contributed by atoms with van der Waals surface area (Å²) in [7, 11) is 0. The molecular weight excluding hydrogens is 290 g/mol. The average Bonchev–Trinajstić information content (AvgIpc) is 2.81. The van der Waals surface area contributed by atoms with Gasteiger partial charge in [-0.3, -0.25) is 9.59 Å². The van der Waals surface area contributed by atoms with Crippen molar-refractivity contribution in [3.05, 3.63) is 0 Å². The fourth-order valence-corrected chi connectivity index (χ4v) is 2.46. The lowest BCUT2D eigenvalue weighted by Gasteiger charge is -2.23. The van der Waals surface area contributed by atoms with Gasteiger partial charge in [0.25, 0.3) is 5.91 Å². The molecule has 5 N–H and O–H groups in total. The molecule has 0 aromatic rings. The summed E-state index contributed by atoms with van der Waals surface area (Å²) in [6.45, 7) is 4.09. The molecule has 1 fully saturated rings. The molecule has 1 aliphatic rings. The van der Waals surface area contributed by atoms with Gasteiger partial charge in [0.05, 0.1) is 12.6 Å². The number of hydrogen-bond donors (Lipinski definition) is 4. The Morgan fingerprint density at radius 3 is 2.64 bits per heavy atom. The first-order valence-corrected chi connectivity index (χ1v) is 7.48. The van der Waals surface area contributed by atoms with Crippen molar-refractivity contribution >= 4 is 17.9 Å². The highest BCUT2D eigenvalue weighted by atomic mass is 16.6. The molecule has 1 saturated heterocycles. The predicted molar refractivity (Wildman–Crippen MR) is 78.7 cm³/mol. The number of ether oxygens (including phenoxy) is 1. The van der Waals surface area contributed by atoms with Crippen LogP contribution < -0.4 is 16.4 Å². The van der Waals surface area contributed by atoms with E-state index in [0.717, 1.165) is 0 Å². The van der Waals surface area contributed by atoms with Gasteiger partial charge in [0.1, 0.15) is 0 Å². The second-order valence-corrected chi connectivity index (χ2v) is 5.96. The van der Waals surface area contributed by atoms with Crippen molar-refractivity contribution < 1.29 is 24.2 Å². The molecule has 8 nitrogen and oxygen atoms in total. The third-order valence-corrected chi connectivity index (χ3v) is 3.53. The van der Waals surface area contributed by atoms with Crippen LogP contribution in [-0.4, -0.2) is 48.3 Å². The Bertz CT molecular complexity index is 413. The van der Waals surface area contributed by atoms with E-state index in [9.17, 15) is 19.5 Å². The molecule has 126 valence electrons. The fraction of sp³-hybridized carbons (Fsp3) is 0.786. The van der Waals surface area contributed by atoms with Crippen LogP contribution in [0.1, 0.15) is 33.1 Å². The molecule has 0 aromatic carbocycles. The first kappa shape index (κ1) is 18.2. The van der Waals surface area contributed by atoms with Crippen molar-refractivity contribution in [1.29, 1.82) is 0 Å². The third-order valence-electron chi connectivity index (χ3n) is 3.53. The molecule has 0 spiro atoms. The number of rotatable bonds is 8. The second-order valence-electron chi connectivity index (χ2n) is 5.96. The Labute approximate surface area is 129 Å². The van der Waals surface area contributed by atoms with Crippen LogP contribution in [0.15, 0.2) is 0 Å². The molecule has 0 bridgehead atoms. The summed E-state index contributed by atoms with van der Waals surface area (Å²) in [4.78, 5) is 34.6. The maximum atomic E-state index is 12.2. The van der Waals surface area contributed by atoms with Gasteiger partial charge in [0.2, 0.25) is 5.91 Å². The van der Waals surface area contributed by atoms with Crippen LogP contribution in [0, 0.1) is 11.8 Å². The minimum absolute atomic E-state index is 0.0696. The van der Waals surface area contributed by atoms with Crippen molar-refractivity contribution in [2.24, 2.45) is 17.6 Å². The van der Waals surface area contributed by atoms with Crippen LogP contribution in [0.5, 0.6) is 0 Å². The molecular formula is C14H25N3O5. The van der Waals surface area contributed by atoms with Gasteiger partial charge in [-0.05, 0) is 25.2 Å². The lowest BCUT2D eigenvalue weighted by atomic mass is 9.98. The van der Waals surface area contributed by atoms with E-state index in [2.05, 4.69) is 10.6 Å². The summed E-state index contributed by atoms with van der Waals surface area (Å²) in [5, 5.41) is 14.7. The topological polar surface area (TPSA) is 131 Å². The summed E-state index contributed by atoms with van der Waals surface area (Å²) in [5.41, 5.74) is 4.98. The van der Waals surface area contributed by atoms with Gasteiger partial charge in [0, 0.05) is 12.5 Å². The van der Waals surface area contributed by atoms with Crippen LogP contribution in [0.25, 0.3) is 0 Å². The monoisotopic (exact) mass is 315 g/mol. The number of primary amides is 1. The Morgan fingerprint density at radius 2 is 2.18 bits per heavy atom. The predicted octanol–water partition coefficient (Wildman–Crippen LogP) is -0.500. The van der Waals surface area contributed by atoms with E-state index >= 15 is 0 Å². The Kier molecular flexibility index (Phi) is 7.10. The second kappa shape index (κ2) is 8.57. The van der Waals surface area contributed by atoms with Crippen LogP contribution >= 0.6 is 0 Å². The van der Waals surface area contributed by atoms with Gasteiger partial charge in [-0.15, -0.1) is 0 Å². The van der Waals surface area contributed by atoms with E-state index in [0.29, 0.717) is 25.8 Å². The number of hydrogen-bond acceptors (Lipinski definition) is 5. The molecule has 3 unspecified atom stereocenters. The van der Waals surface area contributed by atoms with Gasteiger partial charge in [-0.25, -0.2) is 4.79 Å². The fourth-order valence-electron chi connectivity index (χ4n) is 2.46. The van der Waals surface area contributed by atoms with E-state index in [1.54, 1.807) is 0 Å². The van der Waals surface area contributed by atoms with Crippen LogP contribution in [0.2, 0.25) is 0 Å². The standard InChI is InChI=1S/C14H25N3O5/c1-8(2)5-11(22-14(15)21)13(20)17-10(7-18)6-9-3-4-16-12(9)19/h8-11,18H,3-7H2,1-2H3,(H2,15,21)(H,16,19)(H,17,20). The third kappa shape index (κ3) is 5.88. The molecule has 22 heavy (non-hydrogen) atoms. The average molecular weight is 315 g/mol. The van der Waals surface area contributed by atoms with Gasteiger partial charge >= 0.3 is 6.09 Å². The molecule has 3 atom stereocenters. The number of amides is 3. The normalized spacial score (nSPS) is 20.4. The number of nitrogens with one attached hydrogen (secondary N) is 2. The van der Waals surface area contributed by atoms with Crippen molar-refractivity contribution in [3.8, 4) is 0 Å². The SMILES string of the molecule is CC(C)CC(OC(N)=O)C(=O)NC(CO)CC1CCNC1=O. The Morgan fingerprint density at radius 1 is 1.50 bits per heavy atom. The summed E-state index contributed by atoms with van der Waals surface area (Å²) in [6, 6.07) is -0.563. The van der Waals surface area contributed by atoms with Crippen molar-refractivity contribution in [2.45, 2.75) is 45.3 Å². The zero-order valence-electron chi connectivity index (χ0n) is 13.0. The molecule has 0 aromatic heterocycles. The lowest BCUT2D eigenvalue weighted by molar-refractivity contribution is -0.132. The number of aliphatic hydroxyl groups excluding tert-OH is 1. The molecule has 0 saturated carbocycles. The number of aliphatic hydroxyl groups is 1. The summed E-state index contributed by atoms with van der Waals surface area (Å²) in [5.74, 6) is -0.675. The highest BCUT2D eigenvalue weighted by Gasteiger charge is 2.30. The van der Waals surface area contributed by atoms with Gasteiger partial charge in [0.15, 0.2) is 6.10 Å². The summed E-state index contributed by atoms with van der Waals surface area (Å²) in [6.07, 6.45) is -0.658. The largest absolute Gasteiger partial charge is 0.436 e. The van der Waals surface area contributed by atoms with Crippen LogP contribution in [0.4, 0.5) is 4.79 Å². The van der Waals surface area contributed by atoms with E-state index in [4.69, 9.17) is 10.5 Å². The lowest BCUT2D eigenvalue weighted by Crippen LogP contribution is -2.46. The van der Waals surface area contributed by atoms with E-state index in [1.165, 1.54) is 0 Å². The van der Waals surface area contributed by atoms with Gasteiger partial charge < -0.3 is 26.2 Å². The Hall–Kier alpha value is -1.83.